The number of rotatable bonds is 6. The molecule has 3 aliphatic rings. The predicted octanol–water partition coefficient (Wildman–Crippen LogP) is 3.15. The van der Waals surface area contributed by atoms with Crippen molar-refractivity contribution in [2.24, 2.45) is 17.3 Å². The van der Waals surface area contributed by atoms with Crippen LogP contribution in [0.2, 0.25) is 0 Å². The van der Waals surface area contributed by atoms with Gasteiger partial charge < -0.3 is 24.4 Å². The van der Waals surface area contributed by atoms with Crippen molar-refractivity contribution in [2.45, 2.75) is 25.4 Å². The van der Waals surface area contributed by atoms with Gasteiger partial charge >= 0.3 is 12.1 Å². The number of hydrogen-bond acceptors (Lipinski definition) is 5. The van der Waals surface area contributed by atoms with E-state index in [-0.39, 0.29) is 11.3 Å². The second kappa shape index (κ2) is 10.3. The van der Waals surface area contributed by atoms with E-state index in [1.54, 1.807) is 14.2 Å². The van der Waals surface area contributed by atoms with Crippen LogP contribution in [0.15, 0.2) is 24.3 Å². The van der Waals surface area contributed by atoms with E-state index in [1.807, 2.05) is 29.2 Å². The maximum atomic E-state index is 13.0. The summed E-state index contributed by atoms with van der Waals surface area (Å²) < 4.78 is 42.5. The Morgan fingerprint density at radius 3 is 2.30 bits per heavy atom. The van der Waals surface area contributed by atoms with Crippen molar-refractivity contribution < 1.29 is 37.3 Å². The molecule has 1 aromatic rings. The molecule has 0 unspecified atom stereocenters. The number of hydrogen-bond donors (Lipinski definition) is 1. The number of carboxylic acids is 1. The molecule has 7 nitrogen and oxygen atoms in total. The van der Waals surface area contributed by atoms with E-state index >= 15 is 0 Å². The molecule has 1 N–H and O–H groups in total. The first kappa shape index (κ1) is 25.3. The molecular weight excluding hydrogens is 441 g/mol. The molecule has 0 bridgehead atoms. The lowest BCUT2D eigenvalue weighted by Gasteiger charge is -2.30. The van der Waals surface area contributed by atoms with Crippen molar-refractivity contribution in [3.05, 3.63) is 29.8 Å². The van der Waals surface area contributed by atoms with Crippen LogP contribution in [0.1, 0.15) is 29.6 Å². The summed E-state index contributed by atoms with van der Waals surface area (Å²) in [5.74, 6) is -0.397. The number of benzene rings is 1. The lowest BCUT2D eigenvalue weighted by Crippen LogP contribution is -2.38. The first-order valence-corrected chi connectivity index (χ1v) is 11.0. The zero-order valence-electron chi connectivity index (χ0n) is 18.9. The van der Waals surface area contributed by atoms with Gasteiger partial charge in [0.05, 0.1) is 13.7 Å². The van der Waals surface area contributed by atoms with Gasteiger partial charge in [0.2, 0.25) is 0 Å². The zero-order chi connectivity index (χ0) is 24.2. The summed E-state index contributed by atoms with van der Waals surface area (Å²) in [6.07, 6.45) is -1.22. The van der Waals surface area contributed by atoms with Crippen LogP contribution in [-0.2, 0) is 9.53 Å². The highest BCUT2D eigenvalue weighted by Crippen LogP contribution is 2.45. The average Bonchev–Trinajstić information content (AvgIpc) is 3.39. The molecule has 10 heteroatoms. The number of ether oxygens (including phenoxy) is 2. The van der Waals surface area contributed by atoms with Crippen LogP contribution in [0, 0.1) is 17.3 Å². The Hall–Kier alpha value is -2.33. The highest BCUT2D eigenvalue weighted by atomic mass is 19.4. The van der Waals surface area contributed by atoms with E-state index in [4.69, 9.17) is 19.4 Å². The fraction of sp³-hybridized carbons (Fsp3) is 0.652. The van der Waals surface area contributed by atoms with Gasteiger partial charge in [-0.05, 0) is 49.4 Å². The normalized spacial score (nSPS) is 25.1. The molecule has 0 aromatic heterocycles. The van der Waals surface area contributed by atoms with Crippen LogP contribution >= 0.6 is 0 Å². The third-order valence-electron chi connectivity index (χ3n) is 6.72. The molecule has 0 radical (unpaired) electrons. The molecule has 184 valence electrons. The van der Waals surface area contributed by atoms with Gasteiger partial charge in [-0.15, -0.1) is 0 Å². The minimum absolute atomic E-state index is 0.140. The van der Waals surface area contributed by atoms with Crippen molar-refractivity contribution in [1.82, 2.24) is 9.80 Å². The molecule has 1 aromatic carbocycles. The summed E-state index contributed by atoms with van der Waals surface area (Å²) in [4.78, 5) is 26.5. The van der Waals surface area contributed by atoms with Gasteiger partial charge in [-0.25, -0.2) is 4.79 Å². The van der Waals surface area contributed by atoms with E-state index in [2.05, 4.69) is 4.90 Å². The number of halogens is 3. The van der Waals surface area contributed by atoms with Gasteiger partial charge in [-0.1, -0.05) is 0 Å². The Kier molecular flexibility index (Phi) is 7.89. The van der Waals surface area contributed by atoms with Crippen molar-refractivity contribution in [1.29, 1.82) is 0 Å². The summed E-state index contributed by atoms with van der Waals surface area (Å²) >= 11 is 0. The fourth-order valence-electron chi connectivity index (χ4n) is 4.83. The predicted molar refractivity (Wildman–Crippen MR) is 114 cm³/mol. The number of aliphatic carboxylic acids is 1. The van der Waals surface area contributed by atoms with Crippen molar-refractivity contribution in [2.75, 3.05) is 53.6 Å². The standard InChI is InChI=1S/C21H30N2O3.C2HF3O2/c1-25-13-18-12-22(11-16-3-4-16)14-21(18)9-10-23(15-21)20(24)17-5-7-19(26-2)8-6-17;3-2(4,5)1(6)7/h5-8,16,18H,3-4,9-15H2,1-2H3;(H,6,7)/t18-,21+;/m0./s1. The fourth-order valence-corrected chi connectivity index (χ4v) is 4.83. The van der Waals surface area contributed by atoms with Gasteiger partial charge in [0.1, 0.15) is 5.75 Å². The molecule has 1 amide bonds. The SMILES string of the molecule is COC[C@@H]1CN(CC2CC2)C[C@@]12CCN(C(=O)c1ccc(OC)cc1)C2.O=C(O)C(F)(F)F. The van der Waals surface area contributed by atoms with Crippen LogP contribution in [-0.4, -0.2) is 86.5 Å². The highest BCUT2D eigenvalue weighted by Gasteiger charge is 2.51. The zero-order valence-corrected chi connectivity index (χ0v) is 18.9. The molecule has 3 fully saturated rings. The minimum atomic E-state index is -5.08. The molecule has 2 saturated heterocycles. The summed E-state index contributed by atoms with van der Waals surface area (Å²) in [6.45, 7) is 5.97. The molecular formula is C23H31F3N2O5. The third-order valence-corrected chi connectivity index (χ3v) is 6.72. The Morgan fingerprint density at radius 2 is 1.79 bits per heavy atom. The first-order valence-electron chi connectivity index (χ1n) is 11.0. The lowest BCUT2D eigenvalue weighted by molar-refractivity contribution is -0.192. The van der Waals surface area contributed by atoms with E-state index in [9.17, 15) is 18.0 Å². The molecule has 1 spiro atoms. The van der Waals surface area contributed by atoms with Gasteiger partial charge in [-0.3, -0.25) is 4.79 Å². The second-order valence-corrected chi connectivity index (χ2v) is 9.16. The maximum Gasteiger partial charge on any atom is 0.490 e. The molecule has 2 aliphatic heterocycles. The largest absolute Gasteiger partial charge is 0.497 e. The van der Waals surface area contributed by atoms with E-state index in [0.29, 0.717) is 5.92 Å². The monoisotopic (exact) mass is 472 g/mol. The van der Waals surface area contributed by atoms with Gasteiger partial charge in [0.25, 0.3) is 5.91 Å². The van der Waals surface area contributed by atoms with Crippen molar-refractivity contribution >= 4 is 11.9 Å². The Bertz CT molecular complexity index is 828. The highest BCUT2D eigenvalue weighted by molar-refractivity contribution is 5.94. The van der Waals surface area contributed by atoms with Crippen molar-refractivity contribution in [3.8, 4) is 5.75 Å². The number of carbonyl (C=O) groups is 2. The number of methoxy groups -OCH3 is 2. The Morgan fingerprint density at radius 1 is 1.15 bits per heavy atom. The molecule has 1 aliphatic carbocycles. The Labute approximate surface area is 191 Å². The van der Waals surface area contributed by atoms with Crippen molar-refractivity contribution in [3.63, 3.8) is 0 Å². The van der Waals surface area contributed by atoms with Gasteiger partial charge in [-0.2, -0.15) is 13.2 Å². The minimum Gasteiger partial charge on any atom is -0.497 e. The van der Waals surface area contributed by atoms with E-state index in [0.717, 1.165) is 56.4 Å². The van der Waals surface area contributed by atoms with Crippen LogP contribution in [0.5, 0.6) is 5.75 Å². The smallest absolute Gasteiger partial charge is 0.490 e. The number of alkyl halides is 3. The number of carbonyl (C=O) groups excluding carboxylic acids is 1. The summed E-state index contributed by atoms with van der Waals surface area (Å²) in [6, 6.07) is 7.46. The molecule has 2 heterocycles. The van der Waals surface area contributed by atoms with E-state index < -0.39 is 12.1 Å². The Balaban J connectivity index is 0.000000383. The summed E-state index contributed by atoms with van der Waals surface area (Å²) in [5, 5.41) is 7.12. The summed E-state index contributed by atoms with van der Waals surface area (Å²) in [7, 11) is 3.44. The molecule has 4 rings (SSSR count). The maximum absolute atomic E-state index is 13.0. The first-order chi connectivity index (χ1) is 15.6. The average molecular weight is 473 g/mol. The number of carboxylic acid groups (broad SMARTS) is 1. The molecule has 33 heavy (non-hydrogen) atoms. The van der Waals surface area contributed by atoms with E-state index in [1.165, 1.54) is 19.4 Å². The number of likely N-dealkylation sites (tertiary alicyclic amines) is 2. The quantitative estimate of drug-likeness (QED) is 0.685. The molecule has 1 saturated carbocycles. The van der Waals surface area contributed by atoms with Gasteiger partial charge in [0.15, 0.2) is 0 Å². The summed E-state index contributed by atoms with van der Waals surface area (Å²) in [5.41, 5.74) is 0.950. The molecule has 2 atom stereocenters. The lowest BCUT2D eigenvalue weighted by atomic mass is 9.77. The third kappa shape index (κ3) is 6.38. The topological polar surface area (TPSA) is 79.3 Å². The van der Waals surface area contributed by atoms with Gasteiger partial charge in [0, 0.05) is 56.7 Å². The van der Waals surface area contributed by atoms with Crippen LogP contribution in [0.25, 0.3) is 0 Å². The van der Waals surface area contributed by atoms with Crippen LogP contribution in [0.3, 0.4) is 0 Å². The number of amides is 1. The van der Waals surface area contributed by atoms with Crippen LogP contribution in [0.4, 0.5) is 13.2 Å². The van der Waals surface area contributed by atoms with Crippen LogP contribution < -0.4 is 4.74 Å². The number of nitrogens with zero attached hydrogens (tertiary/aromatic N) is 2. The second-order valence-electron chi connectivity index (χ2n) is 9.16.